The molecule has 20 heavy (non-hydrogen) atoms. The molecular weight excluding hydrogens is 252 g/mol. The third-order valence-corrected chi connectivity index (χ3v) is 4.43. The van der Waals surface area contributed by atoms with Crippen LogP contribution in [0.4, 0.5) is 5.69 Å². The van der Waals surface area contributed by atoms with Gasteiger partial charge in [-0.25, -0.2) is 4.79 Å². The monoisotopic (exact) mass is 276 g/mol. The zero-order valence-electron chi connectivity index (χ0n) is 12.8. The van der Waals surface area contributed by atoms with Gasteiger partial charge in [-0.1, -0.05) is 6.07 Å². The van der Waals surface area contributed by atoms with E-state index in [2.05, 4.69) is 30.7 Å². The Kier molecular flexibility index (Phi) is 4.33. The maximum Gasteiger partial charge on any atom is 0.336 e. The van der Waals surface area contributed by atoms with Gasteiger partial charge in [0.1, 0.15) is 0 Å². The quantitative estimate of drug-likeness (QED) is 0.918. The lowest BCUT2D eigenvalue weighted by Gasteiger charge is -2.29. The SMILES string of the molecule is Cc1c(C(=O)O)cccc1N1CCC(N(C)C(C)C)C1. The molecule has 1 N–H and O–H groups in total. The van der Waals surface area contributed by atoms with Crippen LogP contribution in [0.25, 0.3) is 0 Å². The normalized spacial score (nSPS) is 19.1. The molecule has 0 saturated carbocycles. The van der Waals surface area contributed by atoms with Gasteiger partial charge in [0.2, 0.25) is 0 Å². The van der Waals surface area contributed by atoms with Crippen molar-refractivity contribution in [2.24, 2.45) is 0 Å². The number of aromatic carboxylic acids is 1. The summed E-state index contributed by atoms with van der Waals surface area (Å²) < 4.78 is 0. The summed E-state index contributed by atoms with van der Waals surface area (Å²) in [5, 5.41) is 9.22. The average molecular weight is 276 g/mol. The Morgan fingerprint density at radius 3 is 2.75 bits per heavy atom. The zero-order chi connectivity index (χ0) is 14.9. The van der Waals surface area contributed by atoms with E-state index in [1.165, 1.54) is 0 Å². The number of hydrogen-bond acceptors (Lipinski definition) is 3. The maximum atomic E-state index is 11.2. The van der Waals surface area contributed by atoms with Crippen molar-refractivity contribution in [3.05, 3.63) is 29.3 Å². The minimum atomic E-state index is -0.848. The number of anilines is 1. The van der Waals surface area contributed by atoms with Crippen molar-refractivity contribution >= 4 is 11.7 Å². The van der Waals surface area contributed by atoms with Crippen LogP contribution in [0.3, 0.4) is 0 Å². The van der Waals surface area contributed by atoms with E-state index in [-0.39, 0.29) is 0 Å². The molecule has 4 heteroatoms. The third-order valence-electron chi connectivity index (χ3n) is 4.43. The second kappa shape index (κ2) is 5.83. The molecule has 0 radical (unpaired) electrons. The van der Waals surface area contributed by atoms with Crippen molar-refractivity contribution in [3.8, 4) is 0 Å². The van der Waals surface area contributed by atoms with Crippen LogP contribution in [-0.4, -0.2) is 48.2 Å². The summed E-state index contributed by atoms with van der Waals surface area (Å²) in [5.74, 6) is -0.848. The van der Waals surface area contributed by atoms with Crippen LogP contribution in [0.5, 0.6) is 0 Å². The molecule has 1 saturated heterocycles. The Morgan fingerprint density at radius 1 is 1.45 bits per heavy atom. The van der Waals surface area contributed by atoms with Gasteiger partial charge in [0.15, 0.2) is 0 Å². The van der Waals surface area contributed by atoms with E-state index in [4.69, 9.17) is 0 Å². The molecule has 2 rings (SSSR count). The van der Waals surface area contributed by atoms with Crippen LogP contribution < -0.4 is 4.90 Å². The summed E-state index contributed by atoms with van der Waals surface area (Å²) in [7, 11) is 2.17. The third kappa shape index (κ3) is 2.80. The van der Waals surface area contributed by atoms with E-state index in [1.807, 2.05) is 19.1 Å². The van der Waals surface area contributed by atoms with Gasteiger partial charge in [0.25, 0.3) is 0 Å². The summed E-state index contributed by atoms with van der Waals surface area (Å²) in [6, 6.07) is 6.62. The molecular formula is C16H24N2O2. The Labute approximate surface area is 121 Å². The fourth-order valence-corrected chi connectivity index (χ4v) is 2.91. The minimum Gasteiger partial charge on any atom is -0.478 e. The molecule has 0 amide bonds. The first-order chi connectivity index (χ1) is 9.41. The van der Waals surface area contributed by atoms with Crippen molar-refractivity contribution in [3.63, 3.8) is 0 Å². The van der Waals surface area contributed by atoms with Crippen molar-refractivity contribution in [1.29, 1.82) is 0 Å². The largest absolute Gasteiger partial charge is 0.478 e. The Balaban J connectivity index is 2.18. The standard InChI is InChI=1S/C16H24N2O2/c1-11(2)17(4)13-8-9-18(10-13)15-7-5-6-14(12(15)3)16(19)20/h5-7,11,13H,8-10H2,1-4H3,(H,19,20). The number of hydrogen-bond donors (Lipinski definition) is 1. The topological polar surface area (TPSA) is 43.8 Å². The molecule has 1 heterocycles. The fraction of sp³-hybridized carbons (Fsp3) is 0.562. The van der Waals surface area contributed by atoms with E-state index in [9.17, 15) is 9.90 Å². The van der Waals surface area contributed by atoms with Gasteiger partial charge in [-0.2, -0.15) is 0 Å². The van der Waals surface area contributed by atoms with Crippen molar-refractivity contribution in [2.45, 2.75) is 39.3 Å². The minimum absolute atomic E-state index is 0.406. The molecule has 0 aliphatic carbocycles. The molecule has 1 aliphatic heterocycles. The number of carboxylic acids is 1. The van der Waals surface area contributed by atoms with Crippen LogP contribution in [0.15, 0.2) is 18.2 Å². The van der Waals surface area contributed by atoms with Crippen LogP contribution in [-0.2, 0) is 0 Å². The first-order valence-electron chi connectivity index (χ1n) is 7.21. The molecule has 1 aromatic rings. The van der Waals surface area contributed by atoms with Gasteiger partial charge in [-0.3, -0.25) is 4.90 Å². The number of carboxylic acid groups (broad SMARTS) is 1. The number of likely N-dealkylation sites (N-methyl/N-ethyl adjacent to an activating group) is 1. The smallest absolute Gasteiger partial charge is 0.336 e. The van der Waals surface area contributed by atoms with Crippen molar-refractivity contribution in [2.75, 3.05) is 25.0 Å². The second-order valence-corrected chi connectivity index (χ2v) is 5.90. The Bertz CT molecular complexity index is 499. The number of nitrogens with zero attached hydrogens (tertiary/aromatic N) is 2. The van der Waals surface area contributed by atoms with Gasteiger partial charge in [-0.15, -0.1) is 0 Å². The van der Waals surface area contributed by atoms with E-state index >= 15 is 0 Å². The molecule has 0 bridgehead atoms. The zero-order valence-corrected chi connectivity index (χ0v) is 12.8. The molecule has 1 aromatic carbocycles. The highest BCUT2D eigenvalue weighted by Crippen LogP contribution is 2.28. The molecule has 110 valence electrons. The first kappa shape index (κ1) is 14.9. The predicted octanol–water partition coefficient (Wildman–Crippen LogP) is 2.61. The second-order valence-electron chi connectivity index (χ2n) is 5.90. The molecule has 1 aliphatic rings. The van der Waals surface area contributed by atoms with Crippen molar-refractivity contribution < 1.29 is 9.90 Å². The summed E-state index contributed by atoms with van der Waals surface area (Å²) in [4.78, 5) is 15.9. The highest BCUT2D eigenvalue weighted by Gasteiger charge is 2.28. The number of carbonyl (C=O) groups is 1. The molecule has 1 unspecified atom stereocenters. The number of rotatable bonds is 4. The van der Waals surface area contributed by atoms with Gasteiger partial charge in [-0.05, 0) is 51.9 Å². The van der Waals surface area contributed by atoms with Crippen LogP contribution in [0.1, 0.15) is 36.2 Å². The highest BCUT2D eigenvalue weighted by atomic mass is 16.4. The lowest BCUT2D eigenvalue weighted by Crippen LogP contribution is -2.39. The predicted molar refractivity (Wildman–Crippen MR) is 81.7 cm³/mol. The molecule has 1 atom stereocenters. The van der Waals surface area contributed by atoms with E-state index in [1.54, 1.807) is 6.07 Å². The van der Waals surface area contributed by atoms with E-state index in [0.29, 0.717) is 17.6 Å². The molecule has 1 fully saturated rings. The summed E-state index contributed by atoms with van der Waals surface area (Å²) >= 11 is 0. The Hall–Kier alpha value is -1.55. The van der Waals surface area contributed by atoms with Crippen LogP contribution in [0.2, 0.25) is 0 Å². The average Bonchev–Trinajstić information content (AvgIpc) is 2.86. The highest BCUT2D eigenvalue weighted by molar-refractivity contribution is 5.91. The van der Waals surface area contributed by atoms with Gasteiger partial charge in [0.05, 0.1) is 5.56 Å². The molecule has 4 nitrogen and oxygen atoms in total. The van der Waals surface area contributed by atoms with Crippen LogP contribution in [0, 0.1) is 6.92 Å². The fourth-order valence-electron chi connectivity index (χ4n) is 2.91. The lowest BCUT2D eigenvalue weighted by atomic mass is 10.1. The van der Waals surface area contributed by atoms with E-state index in [0.717, 1.165) is 30.8 Å². The van der Waals surface area contributed by atoms with Gasteiger partial charge < -0.3 is 10.0 Å². The van der Waals surface area contributed by atoms with Crippen molar-refractivity contribution in [1.82, 2.24) is 4.90 Å². The van der Waals surface area contributed by atoms with E-state index < -0.39 is 5.97 Å². The lowest BCUT2D eigenvalue weighted by molar-refractivity contribution is 0.0696. The summed E-state index contributed by atoms with van der Waals surface area (Å²) in [5.41, 5.74) is 2.33. The molecule has 0 aromatic heterocycles. The van der Waals surface area contributed by atoms with Crippen LogP contribution >= 0.6 is 0 Å². The summed E-state index contributed by atoms with van der Waals surface area (Å²) in [6.45, 7) is 8.28. The maximum absolute atomic E-state index is 11.2. The first-order valence-corrected chi connectivity index (χ1v) is 7.21. The molecule has 0 spiro atoms. The van der Waals surface area contributed by atoms with Gasteiger partial charge >= 0.3 is 5.97 Å². The van der Waals surface area contributed by atoms with Gasteiger partial charge in [0, 0.05) is 30.9 Å². The summed E-state index contributed by atoms with van der Waals surface area (Å²) in [6.07, 6.45) is 1.13. The Morgan fingerprint density at radius 2 is 2.15 bits per heavy atom. The number of benzene rings is 1.